The highest BCUT2D eigenvalue weighted by Gasteiger charge is 2.19. The molecule has 1 N–H and O–H groups in total. The Kier molecular flexibility index (Phi) is 3.82. The van der Waals surface area contributed by atoms with Crippen molar-refractivity contribution in [3.8, 4) is 11.6 Å². The first kappa shape index (κ1) is 15.3. The van der Waals surface area contributed by atoms with Gasteiger partial charge in [-0.3, -0.25) is 4.90 Å². The lowest BCUT2D eigenvalue weighted by molar-refractivity contribution is 0.144. The van der Waals surface area contributed by atoms with Crippen LogP contribution in [0, 0.1) is 12.7 Å². The third-order valence-corrected chi connectivity index (χ3v) is 4.66. The molecule has 4 rings (SSSR count). The minimum Gasteiger partial charge on any atom is -0.350 e. The van der Waals surface area contributed by atoms with Crippen LogP contribution in [-0.4, -0.2) is 58.2 Å². The van der Waals surface area contributed by atoms with Crippen molar-refractivity contribution in [3.05, 3.63) is 35.4 Å². The predicted molar refractivity (Wildman–Crippen MR) is 89.1 cm³/mol. The second-order valence-electron chi connectivity index (χ2n) is 6.41. The Morgan fingerprint density at radius 2 is 2.04 bits per heavy atom. The maximum atomic E-state index is 13.4. The van der Waals surface area contributed by atoms with Gasteiger partial charge in [0.15, 0.2) is 5.82 Å². The van der Waals surface area contributed by atoms with Gasteiger partial charge in [-0.1, -0.05) is 5.16 Å². The van der Waals surface area contributed by atoms with E-state index < -0.39 is 0 Å². The van der Waals surface area contributed by atoms with Crippen LogP contribution in [0.25, 0.3) is 22.5 Å². The Balaban J connectivity index is 1.57. The molecule has 0 atom stereocenters. The zero-order valence-electron chi connectivity index (χ0n) is 13.8. The van der Waals surface area contributed by atoms with Crippen molar-refractivity contribution in [2.75, 3.05) is 33.2 Å². The molecule has 1 aliphatic heterocycles. The van der Waals surface area contributed by atoms with Crippen LogP contribution in [0.5, 0.6) is 0 Å². The second-order valence-corrected chi connectivity index (χ2v) is 6.41. The van der Waals surface area contributed by atoms with E-state index in [1.54, 1.807) is 6.07 Å². The second kappa shape index (κ2) is 5.99. The van der Waals surface area contributed by atoms with Crippen molar-refractivity contribution in [2.24, 2.45) is 0 Å². The highest BCUT2D eigenvalue weighted by molar-refractivity contribution is 5.89. The summed E-state index contributed by atoms with van der Waals surface area (Å²) in [4.78, 5) is 12.4. The number of benzene rings is 1. The van der Waals surface area contributed by atoms with Crippen LogP contribution in [0.3, 0.4) is 0 Å². The van der Waals surface area contributed by atoms with E-state index in [0.29, 0.717) is 18.3 Å². The summed E-state index contributed by atoms with van der Waals surface area (Å²) in [5.74, 6) is 0.879. The Labute approximate surface area is 139 Å². The summed E-state index contributed by atoms with van der Waals surface area (Å²) in [6.45, 7) is 6.73. The fourth-order valence-corrected chi connectivity index (χ4v) is 3.14. The topological polar surface area (TPSA) is 61.2 Å². The molecule has 1 aromatic carbocycles. The number of H-pyrrole nitrogens is 1. The van der Waals surface area contributed by atoms with Gasteiger partial charge in [0.25, 0.3) is 5.89 Å². The van der Waals surface area contributed by atoms with Gasteiger partial charge in [-0.05, 0) is 37.7 Å². The summed E-state index contributed by atoms with van der Waals surface area (Å²) < 4.78 is 18.9. The number of nitrogens with one attached hydrogen (secondary N) is 1. The van der Waals surface area contributed by atoms with Crippen molar-refractivity contribution in [2.45, 2.75) is 13.5 Å². The van der Waals surface area contributed by atoms with Crippen LogP contribution in [0.2, 0.25) is 0 Å². The van der Waals surface area contributed by atoms with Crippen LogP contribution in [0.4, 0.5) is 4.39 Å². The minimum absolute atomic E-state index is 0.252. The lowest BCUT2D eigenvalue weighted by atomic mass is 10.1. The molecule has 0 bridgehead atoms. The van der Waals surface area contributed by atoms with Gasteiger partial charge in [0, 0.05) is 37.1 Å². The number of piperazine rings is 1. The molecule has 3 aromatic rings. The highest BCUT2D eigenvalue weighted by Crippen LogP contribution is 2.29. The standard InChI is InChI=1S/C17H20FN5O/c1-11-13-9-12(18)3-4-14(13)19-16(11)17-20-15(21-24-17)10-23-7-5-22(2)6-8-23/h3-4,9,19H,5-8,10H2,1-2H3. The molecular weight excluding hydrogens is 309 g/mol. The fraction of sp³-hybridized carbons (Fsp3) is 0.412. The lowest BCUT2D eigenvalue weighted by Crippen LogP contribution is -2.44. The molecule has 2 aromatic heterocycles. The van der Waals surface area contributed by atoms with E-state index >= 15 is 0 Å². The molecule has 126 valence electrons. The van der Waals surface area contributed by atoms with Crippen LogP contribution >= 0.6 is 0 Å². The summed E-state index contributed by atoms with van der Waals surface area (Å²) in [6, 6.07) is 4.68. The molecule has 0 amide bonds. The van der Waals surface area contributed by atoms with Crippen molar-refractivity contribution in [1.82, 2.24) is 24.9 Å². The largest absolute Gasteiger partial charge is 0.350 e. The minimum atomic E-state index is -0.252. The van der Waals surface area contributed by atoms with Crippen LogP contribution in [-0.2, 0) is 6.54 Å². The average Bonchev–Trinajstić information content (AvgIpc) is 3.15. The molecule has 3 heterocycles. The molecule has 1 fully saturated rings. The Bertz CT molecular complexity index is 863. The maximum absolute atomic E-state index is 13.4. The first-order valence-electron chi connectivity index (χ1n) is 8.12. The fourth-order valence-electron chi connectivity index (χ4n) is 3.14. The highest BCUT2D eigenvalue weighted by atomic mass is 19.1. The quantitative estimate of drug-likeness (QED) is 0.799. The summed E-state index contributed by atoms with van der Waals surface area (Å²) >= 11 is 0. The zero-order chi connectivity index (χ0) is 16.7. The van der Waals surface area contributed by atoms with E-state index in [2.05, 4.69) is 32.0 Å². The number of aromatic amines is 1. The van der Waals surface area contributed by atoms with E-state index in [-0.39, 0.29) is 5.82 Å². The molecule has 0 spiro atoms. The normalized spacial score (nSPS) is 17.0. The maximum Gasteiger partial charge on any atom is 0.274 e. The molecule has 1 saturated heterocycles. The molecule has 1 aliphatic rings. The van der Waals surface area contributed by atoms with Crippen molar-refractivity contribution in [3.63, 3.8) is 0 Å². The number of halogens is 1. The van der Waals surface area contributed by atoms with E-state index in [1.165, 1.54) is 12.1 Å². The van der Waals surface area contributed by atoms with Gasteiger partial charge in [0.1, 0.15) is 11.5 Å². The first-order chi connectivity index (χ1) is 11.6. The van der Waals surface area contributed by atoms with Gasteiger partial charge in [-0.25, -0.2) is 4.39 Å². The third kappa shape index (κ3) is 2.81. The number of aromatic nitrogens is 3. The molecule has 0 aliphatic carbocycles. The molecule has 6 nitrogen and oxygen atoms in total. The van der Waals surface area contributed by atoms with Crippen LogP contribution in [0.15, 0.2) is 22.7 Å². The van der Waals surface area contributed by atoms with Crippen molar-refractivity contribution in [1.29, 1.82) is 0 Å². The molecule has 0 saturated carbocycles. The van der Waals surface area contributed by atoms with Gasteiger partial charge < -0.3 is 14.4 Å². The van der Waals surface area contributed by atoms with Gasteiger partial charge >= 0.3 is 0 Å². The van der Waals surface area contributed by atoms with Crippen molar-refractivity contribution >= 4 is 10.9 Å². The number of nitrogens with zero attached hydrogens (tertiary/aromatic N) is 4. The average molecular weight is 329 g/mol. The lowest BCUT2D eigenvalue weighted by Gasteiger charge is -2.31. The van der Waals surface area contributed by atoms with E-state index in [0.717, 1.165) is 48.3 Å². The molecule has 0 unspecified atom stereocenters. The Morgan fingerprint density at radius 3 is 2.83 bits per heavy atom. The Hall–Kier alpha value is -2.25. The third-order valence-electron chi connectivity index (χ3n) is 4.66. The number of hydrogen-bond acceptors (Lipinski definition) is 5. The molecule has 7 heteroatoms. The predicted octanol–water partition coefficient (Wildman–Crippen LogP) is 2.41. The number of hydrogen-bond donors (Lipinski definition) is 1. The molecule has 24 heavy (non-hydrogen) atoms. The molecule has 0 radical (unpaired) electrons. The first-order valence-corrected chi connectivity index (χ1v) is 8.12. The SMILES string of the molecule is Cc1c(-c2nc(CN3CCN(C)CC3)no2)[nH]c2ccc(F)cc12. The number of fused-ring (bicyclic) bond motifs is 1. The monoisotopic (exact) mass is 329 g/mol. The van der Waals surface area contributed by atoms with E-state index in [1.807, 2.05) is 6.92 Å². The number of rotatable bonds is 3. The zero-order valence-corrected chi connectivity index (χ0v) is 13.8. The summed E-state index contributed by atoms with van der Waals surface area (Å²) in [7, 11) is 2.13. The van der Waals surface area contributed by atoms with E-state index in [4.69, 9.17) is 4.52 Å². The van der Waals surface area contributed by atoms with Gasteiger partial charge in [-0.15, -0.1) is 0 Å². The van der Waals surface area contributed by atoms with Gasteiger partial charge in [0.2, 0.25) is 0 Å². The van der Waals surface area contributed by atoms with Gasteiger partial charge in [-0.2, -0.15) is 4.98 Å². The van der Waals surface area contributed by atoms with Crippen LogP contribution < -0.4 is 0 Å². The summed E-state index contributed by atoms with van der Waals surface area (Å²) in [5, 5.41) is 4.94. The smallest absolute Gasteiger partial charge is 0.274 e. The number of likely N-dealkylation sites (N-methyl/N-ethyl adjacent to an activating group) is 1. The van der Waals surface area contributed by atoms with E-state index in [9.17, 15) is 4.39 Å². The summed E-state index contributed by atoms with van der Waals surface area (Å²) in [5.41, 5.74) is 2.54. The van der Waals surface area contributed by atoms with Gasteiger partial charge in [0.05, 0.1) is 6.54 Å². The number of aryl methyl sites for hydroxylation is 1. The molecular formula is C17H20FN5O. The summed E-state index contributed by atoms with van der Waals surface area (Å²) in [6.07, 6.45) is 0. The van der Waals surface area contributed by atoms with Crippen molar-refractivity contribution < 1.29 is 8.91 Å². The Morgan fingerprint density at radius 1 is 1.25 bits per heavy atom. The van der Waals surface area contributed by atoms with Crippen LogP contribution in [0.1, 0.15) is 11.4 Å².